The minimum atomic E-state index is -0.395. The molecule has 1 aromatic heterocycles. The molecule has 1 N–H and O–H groups in total. The van der Waals surface area contributed by atoms with E-state index < -0.39 is 5.91 Å². The number of ether oxygens (including phenoxy) is 1. The molecule has 1 aliphatic rings. The maximum absolute atomic E-state index is 12.8. The SMILES string of the molecule is COc1cc(C(=O)NCC(=O)N2CCN(c3cccc(C)c3)C(C)C2)nc2ccccc12. The van der Waals surface area contributed by atoms with Gasteiger partial charge in [0.1, 0.15) is 11.4 Å². The van der Waals surface area contributed by atoms with Crippen molar-refractivity contribution >= 4 is 28.4 Å². The number of para-hydroxylation sites is 1. The average Bonchev–Trinajstić information content (AvgIpc) is 2.81. The van der Waals surface area contributed by atoms with Gasteiger partial charge in [-0.05, 0) is 43.7 Å². The maximum Gasteiger partial charge on any atom is 0.270 e. The molecule has 2 aromatic carbocycles. The summed E-state index contributed by atoms with van der Waals surface area (Å²) in [6.45, 7) is 6.13. The zero-order chi connectivity index (χ0) is 22.7. The maximum atomic E-state index is 12.8. The summed E-state index contributed by atoms with van der Waals surface area (Å²) in [6, 6.07) is 17.7. The first-order valence-electron chi connectivity index (χ1n) is 10.8. The Kier molecular flexibility index (Phi) is 6.25. The Labute approximate surface area is 188 Å². The van der Waals surface area contributed by atoms with E-state index in [0.717, 1.165) is 11.9 Å². The average molecular weight is 433 g/mol. The first-order valence-corrected chi connectivity index (χ1v) is 10.8. The van der Waals surface area contributed by atoms with Gasteiger partial charge in [-0.2, -0.15) is 0 Å². The molecule has 1 aliphatic heterocycles. The molecule has 4 rings (SSSR count). The van der Waals surface area contributed by atoms with Crippen molar-refractivity contribution in [1.82, 2.24) is 15.2 Å². The van der Waals surface area contributed by atoms with E-state index in [1.165, 1.54) is 11.3 Å². The fraction of sp³-hybridized carbons (Fsp3) is 0.320. The van der Waals surface area contributed by atoms with Gasteiger partial charge in [-0.15, -0.1) is 0 Å². The monoisotopic (exact) mass is 432 g/mol. The van der Waals surface area contributed by atoms with Crippen LogP contribution in [-0.4, -0.2) is 61.0 Å². The van der Waals surface area contributed by atoms with E-state index in [1.54, 1.807) is 13.2 Å². The number of benzene rings is 2. The van der Waals surface area contributed by atoms with Crippen LogP contribution in [0.1, 0.15) is 23.0 Å². The smallest absolute Gasteiger partial charge is 0.270 e. The molecule has 1 saturated heterocycles. The molecule has 0 bridgehead atoms. The molecule has 32 heavy (non-hydrogen) atoms. The van der Waals surface area contributed by atoms with Gasteiger partial charge in [0.25, 0.3) is 5.91 Å². The van der Waals surface area contributed by atoms with Crippen molar-refractivity contribution < 1.29 is 14.3 Å². The third-order valence-corrected chi connectivity index (χ3v) is 5.84. The number of hydrogen-bond acceptors (Lipinski definition) is 5. The number of nitrogens with zero attached hydrogens (tertiary/aromatic N) is 3. The van der Waals surface area contributed by atoms with Crippen LogP contribution in [0.4, 0.5) is 5.69 Å². The number of pyridine rings is 1. The number of aromatic nitrogens is 1. The number of carbonyl (C=O) groups excluding carboxylic acids is 2. The Balaban J connectivity index is 1.37. The standard InChI is InChI=1S/C25H28N4O3/c1-17-7-6-8-19(13-17)29-12-11-28(16-18(29)2)24(30)15-26-25(31)22-14-23(32-3)20-9-4-5-10-21(20)27-22/h4-10,13-14,18H,11-12,15-16H2,1-3H3,(H,26,31). The normalized spacial score (nSPS) is 16.2. The molecule has 1 atom stereocenters. The van der Waals surface area contributed by atoms with Crippen LogP contribution in [0.3, 0.4) is 0 Å². The topological polar surface area (TPSA) is 74.8 Å². The van der Waals surface area contributed by atoms with Crippen LogP contribution in [0, 0.1) is 6.92 Å². The molecule has 3 aromatic rings. The van der Waals surface area contributed by atoms with Gasteiger partial charge in [-0.1, -0.05) is 24.3 Å². The molecule has 2 amide bonds. The summed E-state index contributed by atoms with van der Waals surface area (Å²) in [6.07, 6.45) is 0. The Morgan fingerprint density at radius 3 is 2.69 bits per heavy atom. The summed E-state index contributed by atoms with van der Waals surface area (Å²) in [5, 5.41) is 3.55. The molecular weight excluding hydrogens is 404 g/mol. The number of hydrogen-bond donors (Lipinski definition) is 1. The van der Waals surface area contributed by atoms with Crippen LogP contribution in [0.2, 0.25) is 0 Å². The number of rotatable bonds is 5. The number of anilines is 1. The number of amides is 2. The molecule has 0 saturated carbocycles. The third kappa shape index (κ3) is 4.51. The van der Waals surface area contributed by atoms with Crippen molar-refractivity contribution in [3.8, 4) is 5.75 Å². The summed E-state index contributed by atoms with van der Waals surface area (Å²) in [5.41, 5.74) is 3.29. The number of nitrogens with one attached hydrogen (secondary N) is 1. The summed E-state index contributed by atoms with van der Waals surface area (Å²) >= 11 is 0. The van der Waals surface area contributed by atoms with Crippen LogP contribution < -0.4 is 15.0 Å². The van der Waals surface area contributed by atoms with Gasteiger partial charge in [0, 0.05) is 42.8 Å². The van der Waals surface area contributed by atoms with Crippen LogP contribution in [0.5, 0.6) is 5.75 Å². The first-order chi connectivity index (χ1) is 15.5. The van der Waals surface area contributed by atoms with E-state index in [-0.39, 0.29) is 24.2 Å². The number of carbonyl (C=O) groups is 2. The number of fused-ring (bicyclic) bond motifs is 1. The zero-order valence-corrected chi connectivity index (χ0v) is 18.7. The molecule has 1 fully saturated rings. The second-order valence-corrected chi connectivity index (χ2v) is 8.13. The van der Waals surface area contributed by atoms with Crippen LogP contribution >= 0.6 is 0 Å². The van der Waals surface area contributed by atoms with Crippen LogP contribution in [0.15, 0.2) is 54.6 Å². The number of piperazine rings is 1. The Morgan fingerprint density at radius 2 is 1.94 bits per heavy atom. The molecule has 2 heterocycles. The highest BCUT2D eigenvalue weighted by Gasteiger charge is 2.27. The minimum Gasteiger partial charge on any atom is -0.496 e. The van der Waals surface area contributed by atoms with Crippen LogP contribution in [0.25, 0.3) is 10.9 Å². The van der Waals surface area contributed by atoms with Crippen molar-refractivity contribution in [2.45, 2.75) is 19.9 Å². The van der Waals surface area contributed by atoms with Gasteiger partial charge in [0.2, 0.25) is 5.91 Å². The first kappa shape index (κ1) is 21.6. The minimum absolute atomic E-state index is 0.0627. The molecule has 1 unspecified atom stereocenters. The number of aryl methyl sites for hydroxylation is 1. The zero-order valence-electron chi connectivity index (χ0n) is 18.7. The predicted molar refractivity (Wildman–Crippen MR) is 125 cm³/mol. The van der Waals surface area contributed by atoms with E-state index in [0.29, 0.717) is 24.4 Å². The lowest BCUT2D eigenvalue weighted by molar-refractivity contribution is -0.130. The second-order valence-electron chi connectivity index (χ2n) is 8.13. The summed E-state index contributed by atoms with van der Waals surface area (Å²) in [5.74, 6) is 0.0869. The lowest BCUT2D eigenvalue weighted by atomic mass is 10.1. The molecule has 7 nitrogen and oxygen atoms in total. The Bertz CT molecular complexity index is 1150. The largest absolute Gasteiger partial charge is 0.496 e. The summed E-state index contributed by atoms with van der Waals surface area (Å²) < 4.78 is 5.40. The lowest BCUT2D eigenvalue weighted by Crippen LogP contribution is -2.55. The molecule has 7 heteroatoms. The van der Waals surface area contributed by atoms with Crippen LogP contribution in [-0.2, 0) is 4.79 Å². The van der Waals surface area contributed by atoms with Crippen molar-refractivity contribution in [3.63, 3.8) is 0 Å². The van der Waals surface area contributed by atoms with Gasteiger partial charge in [-0.25, -0.2) is 4.98 Å². The van der Waals surface area contributed by atoms with E-state index in [1.807, 2.05) is 29.2 Å². The van der Waals surface area contributed by atoms with Gasteiger partial charge >= 0.3 is 0 Å². The van der Waals surface area contributed by atoms with E-state index in [4.69, 9.17) is 4.74 Å². The van der Waals surface area contributed by atoms with Crippen molar-refractivity contribution in [2.24, 2.45) is 0 Å². The van der Waals surface area contributed by atoms with Crippen molar-refractivity contribution in [1.29, 1.82) is 0 Å². The highest BCUT2D eigenvalue weighted by atomic mass is 16.5. The van der Waals surface area contributed by atoms with Gasteiger partial charge in [-0.3, -0.25) is 9.59 Å². The quantitative estimate of drug-likeness (QED) is 0.671. The van der Waals surface area contributed by atoms with E-state index >= 15 is 0 Å². The van der Waals surface area contributed by atoms with E-state index in [2.05, 4.69) is 53.3 Å². The Hall–Kier alpha value is -3.61. The second kappa shape index (κ2) is 9.26. The molecule has 0 radical (unpaired) electrons. The van der Waals surface area contributed by atoms with Gasteiger partial charge in [0.15, 0.2) is 0 Å². The van der Waals surface area contributed by atoms with Gasteiger partial charge in [0.05, 0.1) is 19.2 Å². The molecular formula is C25H28N4O3. The highest BCUT2D eigenvalue weighted by molar-refractivity contribution is 5.98. The lowest BCUT2D eigenvalue weighted by Gasteiger charge is -2.41. The Morgan fingerprint density at radius 1 is 1.12 bits per heavy atom. The molecule has 0 spiro atoms. The summed E-state index contributed by atoms with van der Waals surface area (Å²) in [7, 11) is 1.56. The number of methoxy groups -OCH3 is 1. The fourth-order valence-electron chi connectivity index (χ4n) is 4.16. The predicted octanol–water partition coefficient (Wildman–Crippen LogP) is 3.02. The highest BCUT2D eigenvalue weighted by Crippen LogP contribution is 2.25. The third-order valence-electron chi connectivity index (χ3n) is 5.84. The molecule has 166 valence electrons. The van der Waals surface area contributed by atoms with Crippen molar-refractivity contribution in [3.05, 3.63) is 65.9 Å². The fourth-order valence-corrected chi connectivity index (χ4v) is 4.16. The van der Waals surface area contributed by atoms with E-state index in [9.17, 15) is 9.59 Å². The molecule has 0 aliphatic carbocycles. The van der Waals surface area contributed by atoms with Crippen molar-refractivity contribution in [2.75, 3.05) is 38.2 Å². The summed E-state index contributed by atoms with van der Waals surface area (Å²) in [4.78, 5) is 34.0. The van der Waals surface area contributed by atoms with Gasteiger partial charge < -0.3 is 19.9 Å².